The molecule has 2 N–H and O–H groups in total. The fourth-order valence-corrected chi connectivity index (χ4v) is 2.51. The number of hydrogen-bond acceptors (Lipinski definition) is 3. The van der Waals surface area contributed by atoms with Gasteiger partial charge in [-0.05, 0) is 30.7 Å². The van der Waals surface area contributed by atoms with Gasteiger partial charge in [-0.1, -0.05) is 20.8 Å². The van der Waals surface area contributed by atoms with Crippen LogP contribution in [0.2, 0.25) is 0 Å². The molecule has 1 aliphatic heterocycles. The molecule has 1 aromatic rings. The van der Waals surface area contributed by atoms with Crippen molar-refractivity contribution in [1.29, 1.82) is 0 Å². The number of nitrogens with one attached hydrogen (secondary N) is 1. The minimum Gasteiger partial charge on any atom is -0.480 e. The van der Waals surface area contributed by atoms with E-state index in [4.69, 9.17) is 0 Å². The number of nitrogens with zero attached hydrogens (tertiary/aromatic N) is 2. The van der Waals surface area contributed by atoms with Gasteiger partial charge in [0.2, 0.25) is 0 Å². The zero-order valence-corrected chi connectivity index (χ0v) is 12.1. The van der Waals surface area contributed by atoms with E-state index in [1.807, 2.05) is 20.8 Å². The van der Waals surface area contributed by atoms with Crippen LogP contribution in [0.4, 0.5) is 0 Å². The van der Waals surface area contributed by atoms with Crippen molar-refractivity contribution in [2.24, 2.45) is 5.92 Å². The maximum Gasteiger partial charge on any atom is 0.326 e. The van der Waals surface area contributed by atoms with Crippen molar-refractivity contribution in [3.8, 4) is 0 Å². The normalized spacial score (nSPS) is 23.1. The van der Waals surface area contributed by atoms with Crippen molar-refractivity contribution >= 4 is 11.9 Å². The number of aromatic amines is 1. The van der Waals surface area contributed by atoms with Gasteiger partial charge in [0.05, 0.1) is 0 Å². The average molecular weight is 279 g/mol. The van der Waals surface area contributed by atoms with E-state index >= 15 is 0 Å². The second kappa shape index (κ2) is 5.64. The lowest BCUT2D eigenvalue weighted by atomic mass is 9.92. The summed E-state index contributed by atoms with van der Waals surface area (Å²) in [6.07, 6.45) is 1.33. The molecule has 1 aliphatic rings. The van der Waals surface area contributed by atoms with Crippen molar-refractivity contribution in [1.82, 2.24) is 15.1 Å². The van der Waals surface area contributed by atoms with Crippen LogP contribution in [-0.4, -0.2) is 44.7 Å². The lowest BCUT2D eigenvalue weighted by Gasteiger charge is -2.35. The fourth-order valence-electron chi connectivity index (χ4n) is 2.51. The third-order valence-corrected chi connectivity index (χ3v) is 3.85. The van der Waals surface area contributed by atoms with Crippen molar-refractivity contribution in [2.45, 2.75) is 45.6 Å². The molecular weight excluding hydrogens is 258 g/mol. The van der Waals surface area contributed by atoms with Crippen LogP contribution in [0, 0.1) is 5.92 Å². The quantitative estimate of drug-likeness (QED) is 0.884. The molecule has 2 rings (SSSR count). The van der Waals surface area contributed by atoms with Gasteiger partial charge in [-0.15, -0.1) is 0 Å². The highest BCUT2D eigenvalue weighted by molar-refractivity contribution is 5.95. The summed E-state index contributed by atoms with van der Waals surface area (Å²) in [4.78, 5) is 25.2. The van der Waals surface area contributed by atoms with Gasteiger partial charge in [0.1, 0.15) is 11.7 Å². The monoisotopic (exact) mass is 279 g/mol. The first-order valence-electron chi connectivity index (χ1n) is 6.99. The number of hydrogen-bond donors (Lipinski definition) is 2. The summed E-state index contributed by atoms with van der Waals surface area (Å²) >= 11 is 0. The summed E-state index contributed by atoms with van der Waals surface area (Å²) in [6.45, 7) is 6.50. The molecular formula is C14H21N3O3. The van der Waals surface area contributed by atoms with Gasteiger partial charge >= 0.3 is 5.97 Å². The molecule has 2 atom stereocenters. The highest BCUT2D eigenvalue weighted by Gasteiger charge is 2.35. The Labute approximate surface area is 118 Å². The van der Waals surface area contributed by atoms with Gasteiger partial charge in [-0.2, -0.15) is 5.10 Å². The number of carboxylic acid groups (broad SMARTS) is 1. The molecule has 1 aromatic heterocycles. The van der Waals surface area contributed by atoms with Crippen LogP contribution in [0.3, 0.4) is 0 Å². The van der Waals surface area contributed by atoms with E-state index in [2.05, 4.69) is 10.2 Å². The Bertz CT molecular complexity index is 510. The predicted molar refractivity (Wildman–Crippen MR) is 73.5 cm³/mol. The second-order valence-electron chi connectivity index (χ2n) is 5.85. The Morgan fingerprint density at radius 1 is 1.50 bits per heavy atom. The SMILES string of the molecule is CC1CCN(C(=O)c2cc(C(C)C)[nH]n2)C(C(=O)O)C1. The Morgan fingerprint density at radius 2 is 2.20 bits per heavy atom. The zero-order valence-electron chi connectivity index (χ0n) is 12.1. The Morgan fingerprint density at radius 3 is 2.75 bits per heavy atom. The number of carbonyl (C=O) groups is 2. The van der Waals surface area contributed by atoms with Gasteiger partial charge in [-0.25, -0.2) is 4.79 Å². The van der Waals surface area contributed by atoms with Crippen molar-refractivity contribution in [3.63, 3.8) is 0 Å². The van der Waals surface area contributed by atoms with Crippen molar-refractivity contribution in [2.75, 3.05) is 6.54 Å². The molecule has 6 nitrogen and oxygen atoms in total. The first-order valence-corrected chi connectivity index (χ1v) is 6.99. The van der Waals surface area contributed by atoms with E-state index in [1.54, 1.807) is 6.07 Å². The zero-order chi connectivity index (χ0) is 14.9. The highest BCUT2D eigenvalue weighted by atomic mass is 16.4. The first kappa shape index (κ1) is 14.6. The number of rotatable bonds is 3. The standard InChI is InChI=1S/C14H21N3O3/c1-8(2)10-7-11(16-15-10)13(18)17-5-4-9(3)6-12(17)14(19)20/h7-9,12H,4-6H2,1-3H3,(H,15,16)(H,19,20). The number of likely N-dealkylation sites (tertiary alicyclic amines) is 1. The summed E-state index contributed by atoms with van der Waals surface area (Å²) in [7, 11) is 0. The second-order valence-corrected chi connectivity index (χ2v) is 5.85. The van der Waals surface area contributed by atoms with Gasteiger partial charge in [0.15, 0.2) is 0 Å². The molecule has 0 spiro atoms. The van der Waals surface area contributed by atoms with Crippen molar-refractivity contribution < 1.29 is 14.7 Å². The highest BCUT2D eigenvalue weighted by Crippen LogP contribution is 2.24. The third kappa shape index (κ3) is 2.84. The number of carbonyl (C=O) groups excluding carboxylic acids is 1. The van der Waals surface area contributed by atoms with E-state index in [9.17, 15) is 14.7 Å². The van der Waals surface area contributed by atoms with Gasteiger partial charge in [0.25, 0.3) is 5.91 Å². The number of aromatic nitrogens is 2. The van der Waals surface area contributed by atoms with E-state index < -0.39 is 12.0 Å². The molecule has 0 saturated carbocycles. The summed E-state index contributed by atoms with van der Waals surface area (Å²) < 4.78 is 0. The van der Waals surface area contributed by atoms with E-state index in [-0.39, 0.29) is 11.8 Å². The smallest absolute Gasteiger partial charge is 0.326 e. The molecule has 0 radical (unpaired) electrons. The lowest BCUT2D eigenvalue weighted by molar-refractivity contribution is -0.144. The van der Waals surface area contributed by atoms with E-state index in [0.717, 1.165) is 12.1 Å². The van der Waals surface area contributed by atoms with E-state index in [1.165, 1.54) is 4.90 Å². The summed E-state index contributed by atoms with van der Waals surface area (Å²) in [5.41, 5.74) is 1.18. The Kier molecular flexibility index (Phi) is 4.11. The lowest BCUT2D eigenvalue weighted by Crippen LogP contribution is -2.49. The molecule has 1 amide bonds. The first-order chi connectivity index (χ1) is 9.40. The molecule has 1 saturated heterocycles. The molecule has 2 heterocycles. The molecule has 6 heteroatoms. The van der Waals surface area contributed by atoms with Crippen LogP contribution in [0.15, 0.2) is 6.07 Å². The average Bonchev–Trinajstić information content (AvgIpc) is 2.87. The maximum atomic E-state index is 12.4. The number of amides is 1. The number of piperidine rings is 1. The maximum absolute atomic E-state index is 12.4. The molecule has 0 aromatic carbocycles. The molecule has 20 heavy (non-hydrogen) atoms. The molecule has 0 bridgehead atoms. The molecule has 2 unspecified atom stereocenters. The molecule has 110 valence electrons. The third-order valence-electron chi connectivity index (χ3n) is 3.85. The largest absolute Gasteiger partial charge is 0.480 e. The minimum absolute atomic E-state index is 0.251. The van der Waals surface area contributed by atoms with Crippen LogP contribution in [0.5, 0.6) is 0 Å². The summed E-state index contributed by atoms with van der Waals surface area (Å²) in [5, 5.41) is 16.1. The van der Waals surface area contributed by atoms with Crippen LogP contribution >= 0.6 is 0 Å². The van der Waals surface area contributed by atoms with E-state index in [0.29, 0.717) is 24.6 Å². The van der Waals surface area contributed by atoms with Crippen LogP contribution in [0.1, 0.15) is 55.7 Å². The molecule has 0 aliphatic carbocycles. The number of aliphatic carboxylic acids is 1. The van der Waals surface area contributed by atoms with Crippen LogP contribution < -0.4 is 0 Å². The number of carboxylic acids is 1. The summed E-state index contributed by atoms with van der Waals surface area (Å²) in [5.74, 6) is -0.664. The molecule has 1 fully saturated rings. The van der Waals surface area contributed by atoms with Crippen LogP contribution in [0.25, 0.3) is 0 Å². The van der Waals surface area contributed by atoms with Crippen molar-refractivity contribution in [3.05, 3.63) is 17.5 Å². The van der Waals surface area contributed by atoms with Gasteiger partial charge in [-0.3, -0.25) is 9.89 Å². The topological polar surface area (TPSA) is 86.3 Å². The Balaban J connectivity index is 2.19. The van der Waals surface area contributed by atoms with Crippen LogP contribution in [-0.2, 0) is 4.79 Å². The van der Waals surface area contributed by atoms with Gasteiger partial charge < -0.3 is 10.0 Å². The predicted octanol–water partition coefficient (Wildman–Crippen LogP) is 1.86. The summed E-state index contributed by atoms with van der Waals surface area (Å²) in [6, 6.07) is 0.967. The fraction of sp³-hybridized carbons (Fsp3) is 0.643. The minimum atomic E-state index is -0.940. The Hall–Kier alpha value is -1.85. The van der Waals surface area contributed by atoms with Gasteiger partial charge in [0, 0.05) is 12.2 Å². The number of H-pyrrole nitrogens is 1.